The molecule has 0 aromatic carbocycles. The molecule has 0 spiro atoms. The molecule has 2 aromatic heterocycles. The van der Waals surface area contributed by atoms with Crippen molar-refractivity contribution >= 4 is 5.78 Å². The summed E-state index contributed by atoms with van der Waals surface area (Å²) in [7, 11) is 0. The fourth-order valence-electron chi connectivity index (χ4n) is 2.51. The van der Waals surface area contributed by atoms with Gasteiger partial charge >= 0.3 is 0 Å². The van der Waals surface area contributed by atoms with E-state index >= 15 is 0 Å². The minimum absolute atomic E-state index is 0.136. The SMILES string of the molecule is O=c1cc(CN2CCC(CO)CC2)nc2nc[nH]n12. The van der Waals surface area contributed by atoms with E-state index in [9.17, 15) is 4.79 Å². The Labute approximate surface area is 109 Å². The lowest BCUT2D eigenvalue weighted by Gasteiger charge is -2.30. The van der Waals surface area contributed by atoms with E-state index in [2.05, 4.69) is 20.0 Å². The Morgan fingerprint density at radius 1 is 1.42 bits per heavy atom. The average molecular weight is 263 g/mol. The van der Waals surface area contributed by atoms with Gasteiger partial charge in [0.25, 0.3) is 11.3 Å². The highest BCUT2D eigenvalue weighted by molar-refractivity contribution is 5.25. The van der Waals surface area contributed by atoms with E-state index in [0.29, 0.717) is 18.2 Å². The summed E-state index contributed by atoms with van der Waals surface area (Å²) in [5, 5.41) is 11.8. The maximum absolute atomic E-state index is 11.8. The summed E-state index contributed by atoms with van der Waals surface area (Å²) in [6.45, 7) is 2.81. The van der Waals surface area contributed by atoms with Gasteiger partial charge in [-0.15, -0.1) is 0 Å². The molecule has 3 heterocycles. The van der Waals surface area contributed by atoms with Crippen molar-refractivity contribution in [3.05, 3.63) is 28.4 Å². The first-order valence-corrected chi connectivity index (χ1v) is 6.51. The van der Waals surface area contributed by atoms with E-state index in [4.69, 9.17) is 5.11 Å². The van der Waals surface area contributed by atoms with Crippen LogP contribution < -0.4 is 5.56 Å². The first-order valence-electron chi connectivity index (χ1n) is 6.51. The van der Waals surface area contributed by atoms with Crippen molar-refractivity contribution in [1.82, 2.24) is 24.5 Å². The summed E-state index contributed by atoms with van der Waals surface area (Å²) >= 11 is 0. The molecule has 0 radical (unpaired) electrons. The topological polar surface area (TPSA) is 86.5 Å². The second-order valence-electron chi connectivity index (χ2n) is 5.01. The molecule has 0 saturated carbocycles. The number of hydrogen-bond acceptors (Lipinski definition) is 5. The van der Waals surface area contributed by atoms with Crippen molar-refractivity contribution in [3.8, 4) is 0 Å². The van der Waals surface area contributed by atoms with Gasteiger partial charge in [-0.3, -0.25) is 14.8 Å². The van der Waals surface area contributed by atoms with Crippen LogP contribution in [0.5, 0.6) is 0 Å². The van der Waals surface area contributed by atoms with Crippen LogP contribution in [0.4, 0.5) is 0 Å². The molecule has 0 amide bonds. The van der Waals surface area contributed by atoms with Gasteiger partial charge in [0.15, 0.2) is 0 Å². The summed E-state index contributed by atoms with van der Waals surface area (Å²) in [6, 6.07) is 1.54. The summed E-state index contributed by atoms with van der Waals surface area (Å²) in [4.78, 5) is 22.4. The molecular formula is C12H17N5O2. The number of aliphatic hydroxyl groups is 1. The Bertz CT molecular complexity index is 612. The summed E-state index contributed by atoms with van der Waals surface area (Å²) < 4.78 is 1.32. The molecule has 1 aliphatic heterocycles. The summed E-state index contributed by atoms with van der Waals surface area (Å²) in [5.74, 6) is 0.830. The van der Waals surface area contributed by atoms with Crippen LogP contribution in [0.15, 0.2) is 17.2 Å². The minimum atomic E-state index is -0.136. The van der Waals surface area contributed by atoms with Crippen molar-refractivity contribution in [2.45, 2.75) is 19.4 Å². The average Bonchev–Trinajstić information content (AvgIpc) is 2.88. The molecule has 2 aromatic rings. The largest absolute Gasteiger partial charge is 0.396 e. The molecule has 0 aliphatic carbocycles. The number of hydrogen-bond donors (Lipinski definition) is 2. The normalized spacial score (nSPS) is 18.2. The van der Waals surface area contributed by atoms with Gasteiger partial charge in [0.2, 0.25) is 0 Å². The van der Waals surface area contributed by atoms with Crippen molar-refractivity contribution in [3.63, 3.8) is 0 Å². The molecule has 2 N–H and O–H groups in total. The molecule has 0 unspecified atom stereocenters. The lowest BCUT2D eigenvalue weighted by Crippen LogP contribution is -2.35. The number of likely N-dealkylation sites (tertiary alicyclic amines) is 1. The third-order valence-electron chi connectivity index (χ3n) is 3.67. The number of aromatic amines is 1. The molecular weight excluding hydrogens is 246 g/mol. The Morgan fingerprint density at radius 3 is 2.95 bits per heavy atom. The summed E-state index contributed by atoms with van der Waals surface area (Å²) in [5.41, 5.74) is 0.613. The van der Waals surface area contributed by atoms with Crippen LogP contribution in [0.2, 0.25) is 0 Å². The number of nitrogens with zero attached hydrogens (tertiary/aromatic N) is 4. The maximum Gasteiger partial charge on any atom is 0.274 e. The van der Waals surface area contributed by atoms with E-state index in [-0.39, 0.29) is 12.2 Å². The zero-order valence-electron chi connectivity index (χ0n) is 10.6. The van der Waals surface area contributed by atoms with Gasteiger partial charge < -0.3 is 5.11 Å². The van der Waals surface area contributed by atoms with Crippen LogP contribution in [0.3, 0.4) is 0 Å². The zero-order valence-corrected chi connectivity index (χ0v) is 10.6. The van der Waals surface area contributed by atoms with Crippen molar-refractivity contribution in [2.75, 3.05) is 19.7 Å². The van der Waals surface area contributed by atoms with E-state index in [1.54, 1.807) is 6.07 Å². The first kappa shape index (κ1) is 12.3. The van der Waals surface area contributed by atoms with E-state index in [0.717, 1.165) is 31.6 Å². The summed E-state index contributed by atoms with van der Waals surface area (Å²) in [6.07, 6.45) is 3.46. The van der Waals surface area contributed by atoms with E-state index in [1.807, 2.05) is 0 Å². The quantitative estimate of drug-likeness (QED) is 0.788. The highest BCUT2D eigenvalue weighted by Gasteiger charge is 2.19. The Balaban J connectivity index is 1.73. The van der Waals surface area contributed by atoms with E-state index in [1.165, 1.54) is 10.8 Å². The third-order valence-corrected chi connectivity index (χ3v) is 3.67. The van der Waals surface area contributed by atoms with Gasteiger partial charge in [-0.25, -0.2) is 9.97 Å². The zero-order chi connectivity index (χ0) is 13.2. The second-order valence-corrected chi connectivity index (χ2v) is 5.01. The minimum Gasteiger partial charge on any atom is -0.396 e. The number of aromatic nitrogens is 4. The third kappa shape index (κ3) is 2.52. The lowest BCUT2D eigenvalue weighted by molar-refractivity contribution is 0.126. The van der Waals surface area contributed by atoms with Crippen molar-refractivity contribution in [2.24, 2.45) is 5.92 Å². The van der Waals surface area contributed by atoms with Crippen LogP contribution in [0, 0.1) is 5.92 Å². The number of nitrogens with one attached hydrogen (secondary N) is 1. The van der Waals surface area contributed by atoms with Crippen molar-refractivity contribution < 1.29 is 5.11 Å². The van der Waals surface area contributed by atoms with Crippen molar-refractivity contribution in [1.29, 1.82) is 0 Å². The lowest BCUT2D eigenvalue weighted by atomic mass is 9.98. The maximum atomic E-state index is 11.8. The first-order chi connectivity index (χ1) is 9.26. The molecule has 1 saturated heterocycles. The number of rotatable bonds is 3. The van der Waals surface area contributed by atoms with Gasteiger partial charge in [-0.1, -0.05) is 0 Å². The second kappa shape index (κ2) is 5.10. The smallest absolute Gasteiger partial charge is 0.274 e. The molecule has 102 valence electrons. The predicted molar refractivity (Wildman–Crippen MR) is 68.7 cm³/mol. The monoisotopic (exact) mass is 263 g/mol. The molecule has 3 rings (SSSR count). The van der Waals surface area contributed by atoms with Crippen LogP contribution in [0.1, 0.15) is 18.5 Å². The van der Waals surface area contributed by atoms with Gasteiger partial charge in [0, 0.05) is 19.2 Å². The number of H-pyrrole nitrogens is 1. The van der Waals surface area contributed by atoms with Crippen LogP contribution >= 0.6 is 0 Å². The highest BCUT2D eigenvalue weighted by Crippen LogP contribution is 2.17. The van der Waals surface area contributed by atoms with Crippen LogP contribution in [0.25, 0.3) is 5.78 Å². The fourth-order valence-corrected chi connectivity index (χ4v) is 2.51. The number of fused-ring (bicyclic) bond motifs is 1. The van der Waals surface area contributed by atoms with Crippen LogP contribution in [-0.2, 0) is 6.54 Å². The standard InChI is InChI=1S/C12H17N5O2/c18-7-9-1-3-16(4-2-9)6-10-5-11(19)17-12(15-10)13-8-14-17/h5,8-9,18H,1-4,6-7H2,(H,13,14,15). The predicted octanol–water partition coefficient (Wildman–Crippen LogP) is -0.378. The van der Waals surface area contributed by atoms with Gasteiger partial charge in [0.05, 0.1) is 5.69 Å². The molecule has 0 bridgehead atoms. The highest BCUT2D eigenvalue weighted by atomic mass is 16.3. The number of piperidine rings is 1. The Morgan fingerprint density at radius 2 is 2.21 bits per heavy atom. The fraction of sp³-hybridized carbons (Fsp3) is 0.583. The van der Waals surface area contributed by atoms with Gasteiger partial charge in [0.1, 0.15) is 6.33 Å². The molecule has 7 nitrogen and oxygen atoms in total. The Hall–Kier alpha value is -1.73. The van der Waals surface area contributed by atoms with E-state index < -0.39 is 0 Å². The van der Waals surface area contributed by atoms with Crippen LogP contribution in [-0.4, -0.2) is 49.3 Å². The van der Waals surface area contributed by atoms with Gasteiger partial charge in [-0.05, 0) is 31.8 Å². The molecule has 1 aliphatic rings. The molecule has 19 heavy (non-hydrogen) atoms. The molecule has 1 fully saturated rings. The molecule has 0 atom stereocenters. The van der Waals surface area contributed by atoms with Gasteiger partial charge in [-0.2, -0.15) is 4.52 Å². The number of aliphatic hydroxyl groups excluding tert-OH is 1. The Kier molecular flexibility index (Phi) is 3.31. The molecule has 7 heteroatoms.